The summed E-state index contributed by atoms with van der Waals surface area (Å²) in [6, 6.07) is 16.0. The number of carboxylic acids is 1. The zero-order valence-corrected chi connectivity index (χ0v) is 24.8. The maximum Gasteiger partial charge on any atom is 0.337 e. The number of aliphatic carboxylic acids is 1. The molecule has 0 aliphatic carbocycles. The van der Waals surface area contributed by atoms with E-state index in [-0.39, 0.29) is 32.7 Å². The molecule has 0 amide bonds. The third kappa shape index (κ3) is 6.16. The molecule has 2 heterocycles. The molecule has 1 unspecified atom stereocenters. The molecule has 7 heteroatoms. The Bertz CT molecular complexity index is 1240. The monoisotopic (exact) mass is 561 g/mol. The molecule has 0 saturated heterocycles. The van der Waals surface area contributed by atoms with E-state index in [9.17, 15) is 9.90 Å². The van der Waals surface area contributed by atoms with Crippen molar-refractivity contribution < 1.29 is 47.3 Å². The van der Waals surface area contributed by atoms with E-state index in [1.54, 1.807) is 0 Å². The summed E-state index contributed by atoms with van der Waals surface area (Å²) in [6.07, 6.45) is 0.433. The Labute approximate surface area is 239 Å². The minimum atomic E-state index is -1.13. The van der Waals surface area contributed by atoms with Crippen molar-refractivity contribution in [2.24, 2.45) is 0 Å². The van der Waals surface area contributed by atoms with Crippen molar-refractivity contribution in [3.8, 4) is 11.1 Å². The summed E-state index contributed by atoms with van der Waals surface area (Å²) in [5, 5.41) is 12.3. The molecule has 36 heavy (non-hydrogen) atoms. The summed E-state index contributed by atoms with van der Waals surface area (Å²) in [5.74, 6) is -0.293. The summed E-state index contributed by atoms with van der Waals surface area (Å²) in [4.78, 5) is 17.7. The number of carbonyl (C=O) groups is 1. The van der Waals surface area contributed by atoms with Crippen LogP contribution in [0.15, 0.2) is 48.5 Å². The molecule has 0 fully saturated rings. The normalized spacial score (nSPS) is 14.0. The van der Waals surface area contributed by atoms with Crippen molar-refractivity contribution in [2.75, 3.05) is 11.6 Å². The van der Waals surface area contributed by atoms with Gasteiger partial charge in [-0.25, -0.2) is 9.78 Å². The van der Waals surface area contributed by atoms with Gasteiger partial charge < -0.3 is 20.3 Å². The van der Waals surface area contributed by atoms with Gasteiger partial charge in [-0.05, 0) is 71.1 Å². The maximum atomic E-state index is 12.7. The standard InChI is InChI=1S/C29H34N3O3.Y/c1-18-14-15-21(17-19(18)2)24-20(3)30-27-23(25(24)26(28(33)34)35-29(4,5)6)13-10-16-32(27)31-22-11-8-7-9-12-22;/h7-9,11-12,14-15,17,26H,10,13,16H2,1-6H3,(H,33,34);/q-1;. The van der Waals surface area contributed by atoms with Crippen LogP contribution in [0.25, 0.3) is 16.6 Å². The van der Waals surface area contributed by atoms with Crippen molar-refractivity contribution in [1.82, 2.24) is 4.98 Å². The molecule has 1 atom stereocenters. The van der Waals surface area contributed by atoms with E-state index in [4.69, 9.17) is 15.1 Å². The summed E-state index contributed by atoms with van der Waals surface area (Å²) in [6.45, 7) is 12.5. The van der Waals surface area contributed by atoms with E-state index in [0.29, 0.717) is 24.3 Å². The number of hydrogen-bond acceptors (Lipinski definition) is 4. The predicted octanol–water partition coefficient (Wildman–Crippen LogP) is 6.99. The van der Waals surface area contributed by atoms with Crippen LogP contribution in [-0.4, -0.2) is 28.2 Å². The number of benzene rings is 2. The molecule has 3 aromatic rings. The third-order valence-electron chi connectivity index (χ3n) is 6.29. The first-order valence-electron chi connectivity index (χ1n) is 12.1. The topological polar surface area (TPSA) is 76.8 Å². The molecule has 0 spiro atoms. The molecular formula is C29H34N3O3Y-. The van der Waals surface area contributed by atoms with Crippen LogP contribution in [-0.2, 0) is 48.7 Å². The fourth-order valence-electron chi connectivity index (χ4n) is 4.59. The van der Waals surface area contributed by atoms with Gasteiger partial charge in [0.15, 0.2) is 6.10 Å². The Morgan fingerprint density at radius 1 is 1.08 bits per heavy atom. The van der Waals surface area contributed by atoms with Crippen LogP contribution in [0.2, 0.25) is 0 Å². The van der Waals surface area contributed by atoms with E-state index < -0.39 is 17.7 Å². The first kappa shape index (κ1) is 28.3. The SMILES string of the molecule is Cc1ccc(-c2c(C)nc3c(c2C(OC(C)(C)C)C(=O)O)CCCN3[N-]c2ccccc2)cc1C.[Y]. The van der Waals surface area contributed by atoms with Crippen LogP contribution >= 0.6 is 0 Å². The quantitative estimate of drug-likeness (QED) is 0.351. The van der Waals surface area contributed by atoms with Crippen LogP contribution < -0.4 is 5.01 Å². The van der Waals surface area contributed by atoms with Crippen molar-refractivity contribution >= 4 is 17.5 Å². The summed E-state index contributed by atoms with van der Waals surface area (Å²) in [5.41, 5.74) is 11.5. The first-order valence-corrected chi connectivity index (χ1v) is 12.1. The van der Waals surface area contributed by atoms with E-state index in [1.165, 1.54) is 5.56 Å². The number of fused-ring (bicyclic) bond motifs is 1. The second kappa shape index (κ2) is 11.4. The van der Waals surface area contributed by atoms with Gasteiger partial charge in [-0.3, -0.25) is 0 Å². The average molecular weight is 562 g/mol. The molecule has 4 rings (SSSR count). The molecule has 187 valence electrons. The number of ether oxygens (including phenoxy) is 1. The van der Waals surface area contributed by atoms with Gasteiger partial charge in [-0.15, -0.1) is 5.69 Å². The van der Waals surface area contributed by atoms with Gasteiger partial charge in [0, 0.05) is 61.6 Å². The number of nitrogens with zero attached hydrogens (tertiary/aromatic N) is 3. The van der Waals surface area contributed by atoms with Gasteiger partial charge in [0.1, 0.15) is 5.82 Å². The number of hydrogen-bond donors (Lipinski definition) is 1. The minimum Gasteiger partial charge on any atom is -0.594 e. The Hall–Kier alpha value is -2.28. The molecule has 1 N–H and O–H groups in total. The van der Waals surface area contributed by atoms with Gasteiger partial charge in [0.05, 0.1) is 5.60 Å². The van der Waals surface area contributed by atoms with Crippen LogP contribution in [0, 0.1) is 20.8 Å². The van der Waals surface area contributed by atoms with Gasteiger partial charge >= 0.3 is 5.97 Å². The summed E-state index contributed by atoms with van der Waals surface area (Å²) in [7, 11) is 0. The Morgan fingerprint density at radius 3 is 2.39 bits per heavy atom. The Morgan fingerprint density at radius 2 is 1.78 bits per heavy atom. The number of anilines is 1. The van der Waals surface area contributed by atoms with Gasteiger partial charge in [-0.2, -0.15) is 0 Å². The van der Waals surface area contributed by atoms with E-state index >= 15 is 0 Å². The number of carboxylic acid groups (broad SMARTS) is 1. The molecule has 1 aromatic heterocycles. The average Bonchev–Trinajstić information content (AvgIpc) is 2.79. The number of aryl methyl sites for hydroxylation is 3. The second-order valence-electron chi connectivity index (χ2n) is 10.2. The molecule has 1 radical (unpaired) electrons. The van der Waals surface area contributed by atoms with Gasteiger partial charge in [0.25, 0.3) is 0 Å². The second-order valence-corrected chi connectivity index (χ2v) is 10.2. The number of pyridine rings is 1. The third-order valence-corrected chi connectivity index (χ3v) is 6.29. The van der Waals surface area contributed by atoms with Gasteiger partial charge in [0.2, 0.25) is 0 Å². The van der Waals surface area contributed by atoms with Crippen molar-refractivity contribution in [3.63, 3.8) is 0 Å². The van der Waals surface area contributed by atoms with Crippen molar-refractivity contribution in [3.05, 3.63) is 81.9 Å². The van der Waals surface area contributed by atoms with Gasteiger partial charge in [-0.1, -0.05) is 48.5 Å². The van der Waals surface area contributed by atoms with E-state index in [1.807, 2.05) is 69.1 Å². The predicted molar refractivity (Wildman–Crippen MR) is 140 cm³/mol. The molecule has 0 bridgehead atoms. The van der Waals surface area contributed by atoms with E-state index in [2.05, 4.69) is 26.0 Å². The fourth-order valence-corrected chi connectivity index (χ4v) is 4.59. The summed E-state index contributed by atoms with van der Waals surface area (Å²) >= 11 is 0. The zero-order valence-electron chi connectivity index (χ0n) is 22.0. The molecular weight excluding hydrogens is 527 g/mol. The molecule has 1 aliphatic heterocycles. The molecule has 2 aromatic carbocycles. The Kier molecular flexibility index (Phi) is 8.97. The van der Waals surface area contributed by atoms with E-state index in [0.717, 1.165) is 40.1 Å². The first-order chi connectivity index (χ1) is 16.5. The maximum absolute atomic E-state index is 12.7. The zero-order chi connectivity index (χ0) is 25.3. The number of rotatable bonds is 6. The number of aromatic nitrogens is 1. The fraction of sp³-hybridized carbons (Fsp3) is 0.379. The van der Waals surface area contributed by atoms with Crippen molar-refractivity contribution in [2.45, 2.75) is 66.1 Å². The van der Waals surface area contributed by atoms with Crippen LogP contribution in [0.3, 0.4) is 0 Å². The smallest absolute Gasteiger partial charge is 0.337 e. The van der Waals surface area contributed by atoms with Crippen LogP contribution in [0.1, 0.15) is 61.2 Å². The minimum absolute atomic E-state index is 0. The molecule has 1 aliphatic rings. The Balaban J connectivity index is 0.00000361. The summed E-state index contributed by atoms with van der Waals surface area (Å²) < 4.78 is 6.20. The molecule has 6 nitrogen and oxygen atoms in total. The van der Waals surface area contributed by atoms with Crippen LogP contribution in [0.4, 0.5) is 11.5 Å². The van der Waals surface area contributed by atoms with Crippen LogP contribution in [0.5, 0.6) is 0 Å². The van der Waals surface area contributed by atoms with Crippen molar-refractivity contribution in [1.29, 1.82) is 0 Å². The largest absolute Gasteiger partial charge is 0.594 e. The molecule has 0 saturated carbocycles.